The number of piperidine rings is 1. The van der Waals surface area contributed by atoms with Crippen LogP contribution in [0.4, 0.5) is 0 Å². The molecule has 1 N–H and O–H groups in total. The molecule has 0 spiro atoms. The maximum Gasteiger partial charge on any atom is 0.234 e. The van der Waals surface area contributed by atoms with E-state index in [-0.39, 0.29) is 17.7 Å². The van der Waals surface area contributed by atoms with Crippen molar-refractivity contribution in [2.75, 3.05) is 0 Å². The van der Waals surface area contributed by atoms with Crippen LogP contribution in [0.2, 0.25) is 0 Å². The topological polar surface area (TPSA) is 59.1 Å². The Hall–Kier alpha value is -1.75. The Balaban J connectivity index is 2.14. The van der Waals surface area contributed by atoms with E-state index in [4.69, 9.17) is 0 Å². The number of rotatable bonds is 1. The van der Waals surface area contributed by atoms with Gasteiger partial charge in [-0.05, 0) is 35.6 Å². The van der Waals surface area contributed by atoms with Gasteiger partial charge in [0, 0.05) is 28.7 Å². The molecule has 1 aromatic heterocycles. The van der Waals surface area contributed by atoms with Gasteiger partial charge in [0.25, 0.3) is 0 Å². The summed E-state index contributed by atoms with van der Waals surface area (Å²) in [6.45, 7) is 0. The Labute approximate surface area is 118 Å². The predicted molar refractivity (Wildman–Crippen MR) is 74.6 cm³/mol. The Bertz CT molecular complexity index is 684. The lowest BCUT2D eigenvalue weighted by Gasteiger charge is -2.22. The lowest BCUT2D eigenvalue weighted by Crippen LogP contribution is -2.39. The van der Waals surface area contributed by atoms with Gasteiger partial charge in [-0.3, -0.25) is 19.9 Å². The summed E-state index contributed by atoms with van der Waals surface area (Å²) in [5.74, 6) is -0.685. The van der Waals surface area contributed by atoms with Crippen LogP contribution < -0.4 is 5.32 Å². The second kappa shape index (κ2) is 4.74. The lowest BCUT2D eigenvalue weighted by atomic mass is 9.88. The van der Waals surface area contributed by atoms with Crippen LogP contribution in [-0.2, 0) is 9.59 Å². The third-order valence-electron chi connectivity index (χ3n) is 3.36. The summed E-state index contributed by atoms with van der Waals surface area (Å²) in [5.41, 5.74) is 0.941. The molecule has 1 aliphatic rings. The number of amides is 2. The monoisotopic (exact) mass is 318 g/mol. The molecule has 1 aliphatic heterocycles. The highest BCUT2D eigenvalue weighted by Gasteiger charge is 2.29. The van der Waals surface area contributed by atoms with Crippen molar-refractivity contribution in [1.29, 1.82) is 0 Å². The van der Waals surface area contributed by atoms with Gasteiger partial charge in [0.1, 0.15) is 0 Å². The van der Waals surface area contributed by atoms with Gasteiger partial charge in [0.15, 0.2) is 0 Å². The molecule has 96 valence electrons. The van der Waals surface area contributed by atoms with E-state index < -0.39 is 0 Å². The first-order valence-corrected chi connectivity index (χ1v) is 6.81. The predicted octanol–water partition coefficient (Wildman–Crippen LogP) is 2.52. The van der Waals surface area contributed by atoms with Gasteiger partial charge < -0.3 is 0 Å². The lowest BCUT2D eigenvalue weighted by molar-refractivity contribution is -0.134. The van der Waals surface area contributed by atoms with Gasteiger partial charge in [-0.25, -0.2) is 0 Å². The summed E-state index contributed by atoms with van der Waals surface area (Å²) >= 11 is 3.46. The minimum absolute atomic E-state index is 0.192. The van der Waals surface area contributed by atoms with E-state index in [1.165, 1.54) is 0 Å². The molecule has 2 heterocycles. The van der Waals surface area contributed by atoms with E-state index in [0.29, 0.717) is 12.8 Å². The van der Waals surface area contributed by atoms with Crippen molar-refractivity contribution in [3.05, 3.63) is 40.6 Å². The van der Waals surface area contributed by atoms with Crippen LogP contribution >= 0.6 is 15.9 Å². The molecule has 2 amide bonds. The fraction of sp³-hybridized carbons (Fsp3) is 0.214. The van der Waals surface area contributed by atoms with Crippen LogP contribution in [0.25, 0.3) is 10.8 Å². The van der Waals surface area contributed by atoms with E-state index in [1.807, 2.05) is 18.2 Å². The van der Waals surface area contributed by atoms with Crippen molar-refractivity contribution in [3.63, 3.8) is 0 Å². The third-order valence-corrected chi connectivity index (χ3v) is 3.82. The Morgan fingerprint density at radius 2 is 2.16 bits per heavy atom. The van der Waals surface area contributed by atoms with E-state index in [2.05, 4.69) is 26.2 Å². The van der Waals surface area contributed by atoms with E-state index in [9.17, 15) is 9.59 Å². The van der Waals surface area contributed by atoms with Crippen molar-refractivity contribution >= 4 is 38.5 Å². The fourth-order valence-electron chi connectivity index (χ4n) is 2.48. The van der Waals surface area contributed by atoms with E-state index >= 15 is 0 Å². The quantitative estimate of drug-likeness (QED) is 0.822. The molecule has 2 aromatic rings. The van der Waals surface area contributed by atoms with Gasteiger partial charge in [-0.15, -0.1) is 0 Å². The molecule has 0 aliphatic carbocycles. The number of benzene rings is 1. The molecule has 1 fully saturated rings. The molecule has 5 heteroatoms. The Morgan fingerprint density at radius 3 is 2.95 bits per heavy atom. The standard InChI is InChI=1S/C14H11BrN2O2/c15-9-5-8-7-16-4-3-10(8)12(6-9)11-1-2-13(18)17-14(11)19/h3-7,11H,1-2H2,(H,17,18,19). The number of imide groups is 1. The Kier molecular flexibility index (Phi) is 3.06. The zero-order valence-electron chi connectivity index (χ0n) is 10.0. The number of carbonyl (C=O) groups excluding carboxylic acids is 2. The maximum atomic E-state index is 12.0. The molecule has 3 rings (SSSR count). The molecule has 1 saturated heterocycles. The van der Waals surface area contributed by atoms with Crippen LogP contribution in [0.15, 0.2) is 35.1 Å². The van der Waals surface area contributed by atoms with E-state index in [0.717, 1.165) is 20.8 Å². The van der Waals surface area contributed by atoms with Gasteiger partial charge in [0.05, 0.1) is 5.92 Å². The number of hydrogen-bond acceptors (Lipinski definition) is 3. The second-order valence-corrected chi connectivity index (χ2v) is 5.51. The van der Waals surface area contributed by atoms with Crippen LogP contribution in [0, 0.1) is 0 Å². The zero-order chi connectivity index (χ0) is 13.4. The fourth-order valence-corrected chi connectivity index (χ4v) is 2.97. The smallest absolute Gasteiger partial charge is 0.234 e. The summed E-state index contributed by atoms with van der Waals surface area (Å²) in [5, 5.41) is 4.39. The summed E-state index contributed by atoms with van der Waals surface area (Å²) in [4.78, 5) is 27.3. The largest absolute Gasteiger partial charge is 0.296 e. The average molecular weight is 319 g/mol. The summed E-state index contributed by atoms with van der Waals surface area (Å²) in [7, 11) is 0. The Morgan fingerprint density at radius 1 is 1.32 bits per heavy atom. The highest BCUT2D eigenvalue weighted by atomic mass is 79.9. The van der Waals surface area contributed by atoms with Gasteiger partial charge in [-0.1, -0.05) is 15.9 Å². The molecule has 0 saturated carbocycles. The van der Waals surface area contributed by atoms with Crippen molar-refractivity contribution in [2.24, 2.45) is 0 Å². The van der Waals surface area contributed by atoms with Crippen molar-refractivity contribution in [1.82, 2.24) is 10.3 Å². The highest BCUT2D eigenvalue weighted by molar-refractivity contribution is 9.10. The van der Waals surface area contributed by atoms with Crippen LogP contribution in [-0.4, -0.2) is 16.8 Å². The number of nitrogens with one attached hydrogen (secondary N) is 1. The molecule has 1 unspecified atom stereocenters. The molecule has 19 heavy (non-hydrogen) atoms. The number of nitrogens with zero attached hydrogens (tertiary/aromatic N) is 1. The van der Waals surface area contributed by atoms with Gasteiger partial charge in [-0.2, -0.15) is 0 Å². The van der Waals surface area contributed by atoms with Crippen molar-refractivity contribution < 1.29 is 9.59 Å². The summed E-state index contributed by atoms with van der Waals surface area (Å²) in [6, 6.07) is 5.82. The summed E-state index contributed by atoms with van der Waals surface area (Å²) in [6.07, 6.45) is 4.43. The number of halogens is 1. The first kappa shape index (κ1) is 12.3. The normalized spacial score (nSPS) is 19.5. The van der Waals surface area contributed by atoms with Crippen LogP contribution in [0.1, 0.15) is 24.3 Å². The molecule has 4 nitrogen and oxygen atoms in total. The maximum absolute atomic E-state index is 12.0. The molecular formula is C14H11BrN2O2. The second-order valence-electron chi connectivity index (χ2n) is 4.60. The SMILES string of the molecule is O=C1CCC(c2cc(Br)cc3cnccc23)C(=O)N1. The zero-order valence-corrected chi connectivity index (χ0v) is 11.6. The number of carbonyl (C=O) groups is 2. The van der Waals surface area contributed by atoms with Crippen molar-refractivity contribution in [3.8, 4) is 0 Å². The number of aromatic nitrogens is 1. The van der Waals surface area contributed by atoms with Crippen LogP contribution in [0.5, 0.6) is 0 Å². The molecular weight excluding hydrogens is 308 g/mol. The van der Waals surface area contributed by atoms with Gasteiger partial charge >= 0.3 is 0 Å². The minimum Gasteiger partial charge on any atom is -0.296 e. The van der Waals surface area contributed by atoms with Crippen LogP contribution in [0.3, 0.4) is 0 Å². The number of pyridine rings is 1. The first-order chi connectivity index (χ1) is 9.15. The molecule has 1 aromatic carbocycles. The first-order valence-electron chi connectivity index (χ1n) is 6.02. The molecule has 1 atom stereocenters. The number of hydrogen-bond donors (Lipinski definition) is 1. The molecule has 0 bridgehead atoms. The highest BCUT2D eigenvalue weighted by Crippen LogP contribution is 2.33. The van der Waals surface area contributed by atoms with E-state index in [1.54, 1.807) is 12.4 Å². The van der Waals surface area contributed by atoms with Crippen molar-refractivity contribution in [2.45, 2.75) is 18.8 Å². The van der Waals surface area contributed by atoms with Gasteiger partial charge in [0.2, 0.25) is 11.8 Å². The minimum atomic E-state index is -0.278. The average Bonchev–Trinajstić information content (AvgIpc) is 2.38. The molecule has 0 radical (unpaired) electrons. The number of fused-ring (bicyclic) bond motifs is 1. The third kappa shape index (κ3) is 2.26. The summed E-state index contributed by atoms with van der Waals surface area (Å²) < 4.78 is 0.910.